The van der Waals surface area contributed by atoms with Crippen LogP contribution in [0.3, 0.4) is 0 Å². The molecular weight excluding hydrogens is 357 g/mol. The summed E-state index contributed by atoms with van der Waals surface area (Å²) in [5.74, 6) is 0. The molecule has 0 atom stereocenters. The van der Waals surface area contributed by atoms with E-state index in [-0.39, 0.29) is 0 Å². The third-order valence-electron chi connectivity index (χ3n) is 5.01. The van der Waals surface area contributed by atoms with Crippen LogP contribution in [0.25, 0.3) is 16.5 Å². The largest absolute Gasteiger partial charge is 0.316 e. The van der Waals surface area contributed by atoms with Gasteiger partial charge in [0, 0.05) is 19.5 Å². The Morgan fingerprint density at radius 2 is 1.11 bits per heavy atom. The van der Waals surface area contributed by atoms with Gasteiger partial charge >= 0.3 is 0 Å². The number of aromatic nitrogens is 1. The van der Waals surface area contributed by atoms with Crippen LogP contribution < -0.4 is 16.0 Å². The zero-order valence-corrected chi connectivity index (χ0v) is 16.3. The molecule has 0 bridgehead atoms. The van der Waals surface area contributed by atoms with Crippen molar-refractivity contribution < 1.29 is 0 Å². The van der Waals surface area contributed by atoms with Gasteiger partial charge in [0.2, 0.25) is 0 Å². The maximum atomic E-state index is 2.37. The van der Waals surface area contributed by atoms with E-state index in [1.165, 1.54) is 32.5 Å². The number of rotatable bonds is 4. The van der Waals surface area contributed by atoms with Gasteiger partial charge in [-0.05, 0) is 34.2 Å². The highest BCUT2D eigenvalue weighted by atomic mass is 31.1. The zero-order chi connectivity index (χ0) is 18.8. The third kappa shape index (κ3) is 3.05. The summed E-state index contributed by atoms with van der Waals surface area (Å²) in [4.78, 5) is 0. The summed E-state index contributed by atoms with van der Waals surface area (Å²) in [5.41, 5.74) is 2.57. The molecule has 0 N–H and O–H groups in total. The molecule has 0 radical (unpaired) electrons. The second kappa shape index (κ2) is 7.46. The molecule has 0 aliphatic rings. The molecule has 0 saturated carbocycles. The van der Waals surface area contributed by atoms with Gasteiger partial charge in [0.05, 0.1) is 11.1 Å². The van der Waals surface area contributed by atoms with Gasteiger partial charge in [-0.15, -0.1) is 0 Å². The van der Waals surface area contributed by atoms with Crippen molar-refractivity contribution in [3.63, 3.8) is 0 Å². The molecule has 0 fully saturated rings. The topological polar surface area (TPSA) is 4.93 Å². The fraction of sp³-hybridized carbons (Fsp3) is 0. The molecule has 2 heteroatoms. The van der Waals surface area contributed by atoms with Gasteiger partial charge in [0.25, 0.3) is 0 Å². The normalized spacial score (nSPS) is 11.2. The Balaban J connectivity index is 1.74. The third-order valence-corrected chi connectivity index (χ3v) is 7.46. The van der Waals surface area contributed by atoms with E-state index >= 15 is 0 Å². The van der Waals surface area contributed by atoms with E-state index in [0.29, 0.717) is 0 Å². The van der Waals surface area contributed by atoms with E-state index in [4.69, 9.17) is 0 Å². The lowest BCUT2D eigenvalue weighted by atomic mass is 10.1. The fourth-order valence-corrected chi connectivity index (χ4v) is 6.14. The molecular formula is C26H20NP. The van der Waals surface area contributed by atoms with Crippen molar-refractivity contribution in [1.29, 1.82) is 0 Å². The minimum absolute atomic E-state index is 0.646. The van der Waals surface area contributed by atoms with Crippen molar-refractivity contribution in [1.82, 2.24) is 4.57 Å². The van der Waals surface area contributed by atoms with Crippen molar-refractivity contribution in [2.75, 3.05) is 0 Å². The molecule has 1 heterocycles. The Bertz CT molecular complexity index is 1160. The van der Waals surface area contributed by atoms with Crippen LogP contribution in [0.2, 0.25) is 0 Å². The molecule has 0 aliphatic heterocycles. The average Bonchev–Trinajstić information content (AvgIpc) is 3.24. The molecule has 0 aliphatic carbocycles. The lowest BCUT2D eigenvalue weighted by Crippen LogP contribution is -2.25. The molecule has 5 aromatic rings. The number of hydrogen-bond acceptors (Lipinski definition) is 0. The van der Waals surface area contributed by atoms with Crippen LogP contribution in [0.5, 0.6) is 0 Å². The first-order chi connectivity index (χ1) is 13.9. The summed E-state index contributed by atoms with van der Waals surface area (Å²) >= 11 is 0. The Labute approximate surface area is 166 Å². The van der Waals surface area contributed by atoms with Crippen molar-refractivity contribution >= 4 is 34.7 Å². The van der Waals surface area contributed by atoms with Crippen LogP contribution in [0, 0.1) is 0 Å². The van der Waals surface area contributed by atoms with Crippen molar-refractivity contribution in [2.45, 2.75) is 0 Å². The smallest absolute Gasteiger partial charge is 0.0549 e. The predicted molar refractivity (Wildman–Crippen MR) is 122 cm³/mol. The quantitative estimate of drug-likeness (QED) is 0.370. The highest BCUT2D eigenvalue weighted by molar-refractivity contribution is 7.79. The van der Waals surface area contributed by atoms with E-state index in [1.54, 1.807) is 0 Å². The molecule has 28 heavy (non-hydrogen) atoms. The van der Waals surface area contributed by atoms with Gasteiger partial charge in [0.15, 0.2) is 0 Å². The van der Waals surface area contributed by atoms with Crippen molar-refractivity contribution in [2.24, 2.45) is 0 Å². The Kier molecular flexibility index (Phi) is 4.53. The summed E-state index contributed by atoms with van der Waals surface area (Å²) in [6.45, 7) is 0. The molecule has 1 nitrogen and oxygen atoms in total. The van der Waals surface area contributed by atoms with E-state index < -0.39 is 7.92 Å². The first-order valence-corrected chi connectivity index (χ1v) is 10.8. The molecule has 1 aromatic heterocycles. The van der Waals surface area contributed by atoms with E-state index in [2.05, 4.69) is 126 Å². The molecule has 4 aromatic carbocycles. The average molecular weight is 377 g/mol. The van der Waals surface area contributed by atoms with E-state index in [0.717, 1.165) is 0 Å². The number of hydrogen-bond donors (Lipinski definition) is 0. The van der Waals surface area contributed by atoms with Crippen LogP contribution in [0.15, 0.2) is 121 Å². The minimum atomic E-state index is -0.646. The van der Waals surface area contributed by atoms with Gasteiger partial charge in [-0.3, -0.25) is 0 Å². The molecule has 134 valence electrons. The Hall–Kier alpha value is -3.15. The second-order valence-corrected chi connectivity index (χ2v) is 8.90. The van der Waals surface area contributed by atoms with E-state index in [1.807, 2.05) is 0 Å². The molecule has 0 spiro atoms. The monoisotopic (exact) mass is 377 g/mol. The van der Waals surface area contributed by atoms with Gasteiger partial charge in [0.1, 0.15) is 0 Å². The summed E-state index contributed by atoms with van der Waals surface area (Å²) < 4.78 is 2.37. The van der Waals surface area contributed by atoms with Gasteiger partial charge in [-0.2, -0.15) is 0 Å². The SMILES string of the molecule is c1ccc(P(c2ccccc2)c2cccn2-c2cccc3ccccc23)cc1. The van der Waals surface area contributed by atoms with Crippen LogP contribution in [0.4, 0.5) is 0 Å². The summed E-state index contributed by atoms with van der Waals surface area (Å²) in [5, 5.41) is 5.27. The highest BCUT2D eigenvalue weighted by Crippen LogP contribution is 2.34. The summed E-state index contributed by atoms with van der Waals surface area (Å²) in [6.07, 6.45) is 2.19. The number of fused-ring (bicyclic) bond motifs is 1. The molecule has 0 unspecified atom stereocenters. The Morgan fingerprint density at radius 3 is 1.82 bits per heavy atom. The minimum Gasteiger partial charge on any atom is -0.316 e. The highest BCUT2D eigenvalue weighted by Gasteiger charge is 2.20. The predicted octanol–water partition coefficient (Wildman–Crippen LogP) is 5.39. The van der Waals surface area contributed by atoms with E-state index in [9.17, 15) is 0 Å². The first kappa shape index (κ1) is 17.0. The number of benzene rings is 4. The van der Waals surface area contributed by atoms with Crippen LogP contribution in [0.1, 0.15) is 0 Å². The lowest BCUT2D eigenvalue weighted by molar-refractivity contribution is 1.13. The van der Waals surface area contributed by atoms with Crippen LogP contribution >= 0.6 is 7.92 Å². The fourth-order valence-electron chi connectivity index (χ4n) is 3.74. The van der Waals surface area contributed by atoms with Crippen LogP contribution in [-0.2, 0) is 0 Å². The molecule has 0 amide bonds. The maximum absolute atomic E-state index is 2.37. The second-order valence-electron chi connectivity index (χ2n) is 6.74. The summed E-state index contributed by atoms with van der Waals surface area (Å²) in [6, 6.07) is 41.3. The molecule has 0 saturated heterocycles. The van der Waals surface area contributed by atoms with Crippen LogP contribution in [-0.4, -0.2) is 4.57 Å². The van der Waals surface area contributed by atoms with Gasteiger partial charge in [-0.1, -0.05) is 97.1 Å². The standard InChI is InChI=1S/C26H20NP/c1-3-13-22(14-4-1)28(23-15-5-2-6-16-23)26-19-10-20-27(26)25-18-9-12-21-11-7-8-17-24(21)25/h1-20H. The maximum Gasteiger partial charge on any atom is 0.0549 e. The first-order valence-electron chi connectivity index (χ1n) is 9.47. The molecule has 5 rings (SSSR count). The van der Waals surface area contributed by atoms with Gasteiger partial charge < -0.3 is 4.57 Å². The zero-order valence-electron chi connectivity index (χ0n) is 15.4. The van der Waals surface area contributed by atoms with Gasteiger partial charge in [-0.25, -0.2) is 0 Å². The van der Waals surface area contributed by atoms with Crippen molar-refractivity contribution in [3.05, 3.63) is 121 Å². The van der Waals surface area contributed by atoms with Crippen molar-refractivity contribution in [3.8, 4) is 5.69 Å². The summed E-state index contributed by atoms with van der Waals surface area (Å²) in [7, 11) is -0.646. The Morgan fingerprint density at radius 1 is 0.500 bits per heavy atom. The lowest BCUT2D eigenvalue weighted by Gasteiger charge is -2.22. The number of nitrogens with zero attached hydrogens (tertiary/aromatic N) is 1.